The molecular formula is C23H24FN3O. The average molecular weight is 377 g/mol. The fourth-order valence-electron chi connectivity index (χ4n) is 4.33. The molecule has 0 spiro atoms. The number of anilines is 1. The summed E-state index contributed by atoms with van der Waals surface area (Å²) in [5, 5.41) is 3.87. The number of pyridine rings is 2. The minimum absolute atomic E-state index is 0.0483. The minimum atomic E-state index is -0.226. The first-order valence-electron chi connectivity index (χ1n) is 9.87. The van der Waals surface area contributed by atoms with E-state index in [1.54, 1.807) is 24.5 Å². The smallest absolute Gasteiger partial charge is 0.227 e. The number of carbonyl (C=O) groups excluding carboxylic acids is 1. The number of amides is 1. The van der Waals surface area contributed by atoms with E-state index in [1.165, 1.54) is 11.6 Å². The summed E-state index contributed by atoms with van der Waals surface area (Å²) in [5.74, 6) is 0.520. The number of fused-ring (bicyclic) bond motifs is 1. The van der Waals surface area contributed by atoms with Crippen LogP contribution in [0.1, 0.15) is 44.1 Å². The monoisotopic (exact) mass is 377 g/mol. The van der Waals surface area contributed by atoms with Gasteiger partial charge in [-0.1, -0.05) is 6.92 Å². The zero-order chi connectivity index (χ0) is 19.5. The van der Waals surface area contributed by atoms with Crippen molar-refractivity contribution in [2.24, 2.45) is 11.8 Å². The molecule has 3 aromatic rings. The van der Waals surface area contributed by atoms with Gasteiger partial charge in [0.25, 0.3) is 0 Å². The maximum Gasteiger partial charge on any atom is 0.227 e. The molecule has 1 aromatic carbocycles. The Hall–Kier alpha value is -2.82. The van der Waals surface area contributed by atoms with Crippen LogP contribution < -0.4 is 5.32 Å². The number of nitrogens with zero attached hydrogens (tertiary/aromatic N) is 2. The van der Waals surface area contributed by atoms with Gasteiger partial charge in [0.2, 0.25) is 5.91 Å². The predicted octanol–water partition coefficient (Wildman–Crippen LogP) is 5.32. The molecule has 28 heavy (non-hydrogen) atoms. The van der Waals surface area contributed by atoms with Crippen LogP contribution in [0.3, 0.4) is 0 Å². The molecule has 1 amide bonds. The number of hydrogen-bond acceptors (Lipinski definition) is 3. The van der Waals surface area contributed by atoms with Gasteiger partial charge in [-0.3, -0.25) is 14.8 Å². The lowest BCUT2D eigenvalue weighted by Gasteiger charge is -2.32. The summed E-state index contributed by atoms with van der Waals surface area (Å²) in [6.45, 7) is 2.01. The van der Waals surface area contributed by atoms with Crippen LogP contribution in [0.2, 0.25) is 0 Å². The Morgan fingerprint density at radius 2 is 1.96 bits per heavy atom. The Balaban J connectivity index is 1.42. The van der Waals surface area contributed by atoms with E-state index in [0.717, 1.165) is 42.3 Å². The Labute approximate surface area is 164 Å². The molecule has 4 rings (SSSR count). The zero-order valence-corrected chi connectivity index (χ0v) is 15.9. The van der Waals surface area contributed by atoms with Crippen LogP contribution >= 0.6 is 0 Å². The van der Waals surface area contributed by atoms with E-state index < -0.39 is 0 Å². The fraction of sp³-hybridized carbons (Fsp3) is 0.348. The lowest BCUT2D eigenvalue weighted by molar-refractivity contribution is -0.121. The maximum absolute atomic E-state index is 13.7. The SMILES string of the molecule is C[C@@H](C(=O)Nc1cccnc1)C1CCC(c2ccnc3ccc(F)cc23)CC1. The first-order valence-corrected chi connectivity index (χ1v) is 9.87. The highest BCUT2D eigenvalue weighted by atomic mass is 19.1. The van der Waals surface area contributed by atoms with Crippen LogP contribution in [-0.2, 0) is 4.79 Å². The topological polar surface area (TPSA) is 54.9 Å². The molecule has 0 radical (unpaired) electrons. The number of rotatable bonds is 4. The van der Waals surface area contributed by atoms with E-state index in [4.69, 9.17) is 0 Å². The second kappa shape index (κ2) is 8.05. The Kier molecular flexibility index (Phi) is 5.33. The predicted molar refractivity (Wildman–Crippen MR) is 108 cm³/mol. The molecule has 1 atom stereocenters. The summed E-state index contributed by atoms with van der Waals surface area (Å²) in [6, 6.07) is 10.5. The van der Waals surface area contributed by atoms with E-state index >= 15 is 0 Å². The van der Waals surface area contributed by atoms with Crippen molar-refractivity contribution in [2.45, 2.75) is 38.5 Å². The van der Waals surface area contributed by atoms with Gasteiger partial charge in [0, 0.05) is 23.7 Å². The van der Waals surface area contributed by atoms with E-state index in [9.17, 15) is 9.18 Å². The van der Waals surface area contributed by atoms with E-state index in [2.05, 4.69) is 15.3 Å². The first kappa shape index (κ1) is 18.5. The number of nitrogens with one attached hydrogen (secondary N) is 1. The third-order valence-electron chi connectivity index (χ3n) is 6.00. The van der Waals surface area contributed by atoms with Crippen molar-refractivity contribution in [3.8, 4) is 0 Å². The van der Waals surface area contributed by atoms with Crippen molar-refractivity contribution in [3.63, 3.8) is 0 Å². The largest absolute Gasteiger partial charge is 0.324 e. The van der Waals surface area contributed by atoms with E-state index in [1.807, 2.05) is 31.3 Å². The summed E-state index contributed by atoms with van der Waals surface area (Å²) in [4.78, 5) is 21.0. The molecule has 1 aliphatic rings. The third kappa shape index (κ3) is 3.88. The van der Waals surface area contributed by atoms with Gasteiger partial charge in [-0.2, -0.15) is 0 Å². The summed E-state index contributed by atoms with van der Waals surface area (Å²) in [5.41, 5.74) is 2.75. The van der Waals surface area contributed by atoms with Gasteiger partial charge < -0.3 is 5.32 Å². The van der Waals surface area contributed by atoms with Crippen molar-refractivity contribution in [1.82, 2.24) is 9.97 Å². The fourth-order valence-corrected chi connectivity index (χ4v) is 4.33. The molecule has 0 bridgehead atoms. The summed E-state index contributed by atoms with van der Waals surface area (Å²) >= 11 is 0. The molecule has 5 heteroatoms. The van der Waals surface area contributed by atoms with Crippen LogP contribution in [0.4, 0.5) is 10.1 Å². The molecule has 1 N–H and O–H groups in total. The second-order valence-electron chi connectivity index (χ2n) is 7.69. The molecule has 0 saturated heterocycles. The van der Waals surface area contributed by atoms with Gasteiger partial charge in [-0.25, -0.2) is 4.39 Å². The maximum atomic E-state index is 13.7. The lowest BCUT2D eigenvalue weighted by Crippen LogP contribution is -2.29. The van der Waals surface area contributed by atoms with Crippen LogP contribution in [0.5, 0.6) is 0 Å². The van der Waals surface area contributed by atoms with Crippen molar-refractivity contribution >= 4 is 22.5 Å². The first-order chi connectivity index (χ1) is 13.6. The molecule has 0 aliphatic heterocycles. The lowest BCUT2D eigenvalue weighted by atomic mass is 9.73. The molecule has 144 valence electrons. The van der Waals surface area contributed by atoms with Crippen LogP contribution in [0, 0.1) is 17.7 Å². The van der Waals surface area contributed by atoms with Crippen molar-refractivity contribution in [3.05, 3.63) is 66.4 Å². The molecular weight excluding hydrogens is 353 g/mol. The molecule has 2 heterocycles. The van der Waals surface area contributed by atoms with Gasteiger partial charge in [-0.05, 0) is 79.5 Å². The number of aromatic nitrogens is 2. The Morgan fingerprint density at radius 1 is 1.14 bits per heavy atom. The van der Waals surface area contributed by atoms with Crippen molar-refractivity contribution in [1.29, 1.82) is 0 Å². The highest BCUT2D eigenvalue weighted by Gasteiger charge is 2.30. The molecule has 1 saturated carbocycles. The summed E-state index contributed by atoms with van der Waals surface area (Å²) < 4.78 is 13.7. The highest BCUT2D eigenvalue weighted by Crippen LogP contribution is 2.40. The normalized spacial score (nSPS) is 20.6. The molecule has 4 nitrogen and oxygen atoms in total. The minimum Gasteiger partial charge on any atom is -0.324 e. The van der Waals surface area contributed by atoms with Gasteiger partial charge >= 0.3 is 0 Å². The van der Waals surface area contributed by atoms with E-state index in [-0.39, 0.29) is 17.6 Å². The highest BCUT2D eigenvalue weighted by molar-refractivity contribution is 5.92. The summed E-state index contributed by atoms with van der Waals surface area (Å²) in [7, 11) is 0. The standard InChI is InChI=1S/C23H24FN3O/c1-15(23(28)27-19-3-2-11-25-14-19)16-4-6-17(7-5-16)20-10-12-26-22-9-8-18(24)13-21(20)22/h2-3,8-17H,4-7H2,1H3,(H,27,28)/t15-,16?,17?/m1/s1. The molecule has 2 aromatic heterocycles. The third-order valence-corrected chi connectivity index (χ3v) is 6.00. The number of halogens is 1. The quantitative estimate of drug-likeness (QED) is 0.670. The Bertz CT molecular complexity index is 968. The number of benzene rings is 1. The average Bonchev–Trinajstić information content (AvgIpc) is 2.73. The molecule has 0 unspecified atom stereocenters. The van der Waals surface area contributed by atoms with Crippen LogP contribution in [0.15, 0.2) is 55.0 Å². The van der Waals surface area contributed by atoms with E-state index in [0.29, 0.717) is 11.8 Å². The van der Waals surface area contributed by atoms with Gasteiger partial charge in [-0.15, -0.1) is 0 Å². The van der Waals surface area contributed by atoms with Gasteiger partial charge in [0.05, 0.1) is 17.4 Å². The van der Waals surface area contributed by atoms with Crippen molar-refractivity contribution < 1.29 is 9.18 Å². The van der Waals surface area contributed by atoms with Crippen molar-refractivity contribution in [2.75, 3.05) is 5.32 Å². The Morgan fingerprint density at radius 3 is 2.71 bits per heavy atom. The summed E-state index contributed by atoms with van der Waals surface area (Å²) in [6.07, 6.45) is 9.16. The van der Waals surface area contributed by atoms with Crippen LogP contribution in [0.25, 0.3) is 10.9 Å². The number of carbonyl (C=O) groups is 1. The second-order valence-corrected chi connectivity index (χ2v) is 7.69. The number of hydrogen-bond donors (Lipinski definition) is 1. The van der Waals surface area contributed by atoms with Gasteiger partial charge in [0.15, 0.2) is 0 Å². The zero-order valence-electron chi connectivity index (χ0n) is 15.9. The molecule has 1 fully saturated rings. The van der Waals surface area contributed by atoms with Gasteiger partial charge in [0.1, 0.15) is 5.82 Å². The molecule has 1 aliphatic carbocycles. The van der Waals surface area contributed by atoms with Crippen LogP contribution in [-0.4, -0.2) is 15.9 Å².